The van der Waals surface area contributed by atoms with Crippen molar-refractivity contribution in [2.45, 2.75) is 32.8 Å². The Kier molecular flexibility index (Phi) is 6.22. The molecule has 6 nitrogen and oxygen atoms in total. The third-order valence-electron chi connectivity index (χ3n) is 4.18. The van der Waals surface area contributed by atoms with E-state index in [-0.39, 0.29) is 12.5 Å². The first kappa shape index (κ1) is 18.4. The van der Waals surface area contributed by atoms with E-state index in [2.05, 4.69) is 4.98 Å². The van der Waals surface area contributed by atoms with Crippen molar-refractivity contribution in [3.63, 3.8) is 0 Å². The summed E-state index contributed by atoms with van der Waals surface area (Å²) in [5, 5.41) is 2.96. The molecule has 1 aromatic carbocycles. The molecule has 2 heterocycles. The lowest BCUT2D eigenvalue weighted by atomic mass is 10.1. The molecule has 2 aromatic rings. The summed E-state index contributed by atoms with van der Waals surface area (Å²) >= 11 is 1.58. The second kappa shape index (κ2) is 8.80. The fourth-order valence-corrected chi connectivity index (χ4v) is 3.36. The third-order valence-corrected chi connectivity index (χ3v) is 5.00. The zero-order valence-electron chi connectivity index (χ0n) is 14.8. The number of likely N-dealkylation sites (tertiary alicyclic amines) is 1. The molecule has 0 unspecified atom stereocenters. The number of nitrogens with zero attached hydrogens (tertiary/aromatic N) is 2. The van der Waals surface area contributed by atoms with Crippen LogP contribution in [-0.2, 0) is 16.1 Å². The molecule has 0 aliphatic carbocycles. The Morgan fingerprint density at radius 2 is 1.88 bits per heavy atom. The molecular formula is C19H22N2O4S. The van der Waals surface area contributed by atoms with Gasteiger partial charge >= 0.3 is 5.97 Å². The first-order valence-corrected chi connectivity index (χ1v) is 9.58. The van der Waals surface area contributed by atoms with Gasteiger partial charge in [0.1, 0.15) is 12.4 Å². The summed E-state index contributed by atoms with van der Waals surface area (Å²) in [6.45, 7) is 3.63. The molecular weight excluding hydrogens is 352 g/mol. The van der Waals surface area contributed by atoms with Gasteiger partial charge in [0.05, 0.1) is 16.3 Å². The van der Waals surface area contributed by atoms with Crippen molar-refractivity contribution in [3.8, 4) is 5.75 Å². The number of ether oxygens (including phenoxy) is 2. The number of rotatable bonds is 6. The van der Waals surface area contributed by atoms with Gasteiger partial charge in [0, 0.05) is 18.5 Å². The van der Waals surface area contributed by atoms with Gasteiger partial charge in [0.25, 0.3) is 5.91 Å². The molecule has 1 fully saturated rings. The van der Waals surface area contributed by atoms with Crippen LogP contribution in [0.4, 0.5) is 0 Å². The van der Waals surface area contributed by atoms with Crippen molar-refractivity contribution in [2.75, 3.05) is 19.7 Å². The van der Waals surface area contributed by atoms with E-state index in [1.807, 2.05) is 12.3 Å². The molecule has 1 saturated heterocycles. The number of hydrogen-bond donors (Lipinski definition) is 0. The van der Waals surface area contributed by atoms with E-state index in [1.54, 1.807) is 40.5 Å². The second-order valence-corrected chi connectivity index (χ2v) is 7.25. The minimum Gasteiger partial charge on any atom is -0.487 e. The van der Waals surface area contributed by atoms with E-state index in [4.69, 9.17) is 9.47 Å². The predicted molar refractivity (Wildman–Crippen MR) is 98.3 cm³/mol. The zero-order chi connectivity index (χ0) is 18.4. The number of hydrogen-bond acceptors (Lipinski definition) is 6. The predicted octanol–water partition coefficient (Wildman–Crippen LogP) is 3.20. The van der Waals surface area contributed by atoms with Gasteiger partial charge in [0.2, 0.25) is 0 Å². The smallest absolute Gasteiger partial charge is 0.338 e. The highest BCUT2D eigenvalue weighted by molar-refractivity contribution is 7.09. The molecule has 0 spiro atoms. The van der Waals surface area contributed by atoms with Gasteiger partial charge in [-0.05, 0) is 50.5 Å². The highest BCUT2D eigenvalue weighted by atomic mass is 32.1. The number of thiazole rings is 1. The monoisotopic (exact) mass is 374 g/mol. The molecule has 0 atom stereocenters. The number of piperidine rings is 1. The van der Waals surface area contributed by atoms with Gasteiger partial charge in [-0.1, -0.05) is 0 Å². The Bertz CT molecular complexity index is 751. The molecule has 0 saturated carbocycles. The molecule has 3 rings (SSSR count). The molecule has 0 bridgehead atoms. The van der Waals surface area contributed by atoms with E-state index in [9.17, 15) is 9.59 Å². The van der Waals surface area contributed by atoms with Crippen LogP contribution < -0.4 is 4.74 Å². The second-order valence-electron chi connectivity index (χ2n) is 6.19. The molecule has 1 aliphatic heterocycles. The number of amides is 1. The van der Waals surface area contributed by atoms with E-state index in [0.29, 0.717) is 17.9 Å². The molecule has 0 N–H and O–H groups in total. The summed E-state index contributed by atoms with van der Waals surface area (Å²) in [5.74, 6) is 0.0187. The van der Waals surface area contributed by atoms with E-state index in [1.165, 1.54) is 0 Å². The lowest BCUT2D eigenvalue weighted by Crippen LogP contribution is -2.38. The van der Waals surface area contributed by atoms with Gasteiger partial charge in [0.15, 0.2) is 6.61 Å². The molecule has 1 amide bonds. The number of aryl methyl sites for hydroxylation is 1. The van der Waals surface area contributed by atoms with Crippen LogP contribution in [-0.4, -0.2) is 41.5 Å². The molecule has 26 heavy (non-hydrogen) atoms. The van der Waals surface area contributed by atoms with Crippen molar-refractivity contribution >= 4 is 23.2 Å². The van der Waals surface area contributed by atoms with Crippen molar-refractivity contribution in [1.29, 1.82) is 0 Å². The van der Waals surface area contributed by atoms with E-state index in [0.717, 1.165) is 43.1 Å². The van der Waals surface area contributed by atoms with Gasteiger partial charge in [-0.3, -0.25) is 4.79 Å². The molecule has 0 radical (unpaired) electrons. The number of aromatic nitrogens is 1. The number of carbonyl (C=O) groups excluding carboxylic acids is 2. The molecule has 1 aromatic heterocycles. The Morgan fingerprint density at radius 3 is 2.54 bits per heavy atom. The van der Waals surface area contributed by atoms with Crippen LogP contribution in [0, 0.1) is 6.92 Å². The van der Waals surface area contributed by atoms with Crippen LogP contribution in [0.5, 0.6) is 5.75 Å². The molecule has 7 heteroatoms. The number of esters is 1. The lowest BCUT2D eigenvalue weighted by molar-refractivity contribution is -0.135. The fraction of sp³-hybridized carbons (Fsp3) is 0.421. The SMILES string of the molecule is Cc1nc(COc2ccc(C(=O)OCC(=O)N3CCCCC3)cc2)cs1. The Balaban J connectivity index is 1.46. The quantitative estimate of drug-likeness (QED) is 0.726. The van der Waals surface area contributed by atoms with Crippen molar-refractivity contribution in [2.24, 2.45) is 0 Å². The maximum Gasteiger partial charge on any atom is 0.338 e. The van der Waals surface area contributed by atoms with Crippen LogP contribution in [0.1, 0.15) is 40.3 Å². The Morgan fingerprint density at radius 1 is 1.15 bits per heavy atom. The summed E-state index contributed by atoms with van der Waals surface area (Å²) < 4.78 is 10.8. The Hall–Kier alpha value is -2.41. The largest absolute Gasteiger partial charge is 0.487 e. The average Bonchev–Trinajstić information content (AvgIpc) is 3.10. The summed E-state index contributed by atoms with van der Waals surface area (Å²) in [6.07, 6.45) is 3.18. The van der Waals surface area contributed by atoms with Gasteiger partial charge in [-0.15, -0.1) is 11.3 Å². The van der Waals surface area contributed by atoms with E-state index < -0.39 is 5.97 Å². The van der Waals surface area contributed by atoms with Crippen LogP contribution >= 0.6 is 11.3 Å². The minimum atomic E-state index is -0.503. The van der Waals surface area contributed by atoms with Crippen LogP contribution in [0.25, 0.3) is 0 Å². The van der Waals surface area contributed by atoms with Crippen molar-refractivity contribution in [3.05, 3.63) is 45.9 Å². The van der Waals surface area contributed by atoms with Crippen molar-refractivity contribution in [1.82, 2.24) is 9.88 Å². The first-order valence-electron chi connectivity index (χ1n) is 8.70. The maximum atomic E-state index is 12.1. The third kappa shape index (κ3) is 5.05. The number of benzene rings is 1. The van der Waals surface area contributed by atoms with Crippen LogP contribution in [0.3, 0.4) is 0 Å². The van der Waals surface area contributed by atoms with E-state index >= 15 is 0 Å². The summed E-state index contributed by atoms with van der Waals surface area (Å²) in [7, 11) is 0. The standard InChI is InChI=1S/C19H22N2O4S/c1-14-20-16(13-26-14)11-24-17-7-5-15(6-8-17)19(23)25-12-18(22)21-9-3-2-4-10-21/h5-8,13H,2-4,9-12H2,1H3. The van der Waals surface area contributed by atoms with Crippen LogP contribution in [0.15, 0.2) is 29.6 Å². The minimum absolute atomic E-state index is 0.128. The summed E-state index contributed by atoms with van der Waals surface area (Å²) in [4.78, 5) is 30.2. The Labute approximate surface area is 156 Å². The normalized spacial score (nSPS) is 14.1. The highest BCUT2D eigenvalue weighted by Gasteiger charge is 2.18. The maximum absolute atomic E-state index is 12.1. The topological polar surface area (TPSA) is 68.7 Å². The molecule has 138 valence electrons. The fourth-order valence-electron chi connectivity index (χ4n) is 2.76. The van der Waals surface area contributed by atoms with Gasteiger partial charge in [-0.25, -0.2) is 9.78 Å². The summed E-state index contributed by atoms with van der Waals surface area (Å²) in [6, 6.07) is 6.69. The first-order chi connectivity index (χ1) is 12.6. The van der Waals surface area contributed by atoms with Crippen molar-refractivity contribution < 1.29 is 19.1 Å². The zero-order valence-corrected chi connectivity index (χ0v) is 15.6. The van der Waals surface area contributed by atoms with Gasteiger partial charge < -0.3 is 14.4 Å². The molecule has 1 aliphatic rings. The number of carbonyl (C=O) groups is 2. The van der Waals surface area contributed by atoms with Crippen LogP contribution in [0.2, 0.25) is 0 Å². The lowest BCUT2D eigenvalue weighted by Gasteiger charge is -2.26. The highest BCUT2D eigenvalue weighted by Crippen LogP contribution is 2.16. The average molecular weight is 374 g/mol. The van der Waals surface area contributed by atoms with Gasteiger partial charge in [-0.2, -0.15) is 0 Å². The summed E-state index contributed by atoms with van der Waals surface area (Å²) in [5.41, 5.74) is 1.28.